The monoisotopic (exact) mass is 591 g/mol. The third-order valence-corrected chi connectivity index (χ3v) is 9.31. The zero-order valence-electron chi connectivity index (χ0n) is 25.5. The number of benzene rings is 6. The van der Waals surface area contributed by atoms with Crippen LogP contribution in [0.5, 0.6) is 0 Å². The summed E-state index contributed by atoms with van der Waals surface area (Å²) in [5.41, 5.74) is 11.9. The Morgan fingerprint density at radius 1 is 0.457 bits per heavy atom. The summed E-state index contributed by atoms with van der Waals surface area (Å²) in [5, 5.41) is 2.28. The Bertz CT molecular complexity index is 2380. The molecule has 2 heterocycles. The van der Waals surface area contributed by atoms with Crippen LogP contribution in [0.2, 0.25) is 0 Å². The summed E-state index contributed by atoms with van der Waals surface area (Å²) in [6, 6.07) is 48.3. The van der Waals surface area contributed by atoms with Gasteiger partial charge in [-0.25, -0.2) is 15.0 Å². The summed E-state index contributed by atoms with van der Waals surface area (Å²) in [5.74, 6) is 1.93. The summed E-state index contributed by atoms with van der Waals surface area (Å²) >= 11 is 0. The van der Waals surface area contributed by atoms with Crippen LogP contribution in [0.3, 0.4) is 0 Å². The molecule has 8 aromatic rings. The van der Waals surface area contributed by atoms with Crippen molar-refractivity contribution in [3.8, 4) is 56.4 Å². The van der Waals surface area contributed by atoms with Gasteiger partial charge in [0.2, 0.25) is 0 Å². The highest BCUT2D eigenvalue weighted by Crippen LogP contribution is 2.52. The largest absolute Gasteiger partial charge is 0.456 e. The molecule has 1 aliphatic rings. The number of hydrogen-bond acceptors (Lipinski definition) is 4. The van der Waals surface area contributed by atoms with Crippen molar-refractivity contribution in [3.63, 3.8) is 0 Å². The van der Waals surface area contributed by atoms with Gasteiger partial charge in [0.25, 0.3) is 0 Å². The molecule has 6 aromatic carbocycles. The van der Waals surface area contributed by atoms with E-state index in [1.165, 1.54) is 22.3 Å². The zero-order chi connectivity index (χ0) is 30.8. The predicted molar refractivity (Wildman–Crippen MR) is 186 cm³/mol. The van der Waals surface area contributed by atoms with Crippen molar-refractivity contribution in [2.24, 2.45) is 0 Å². The van der Waals surface area contributed by atoms with Gasteiger partial charge >= 0.3 is 0 Å². The Balaban J connectivity index is 1.16. The van der Waals surface area contributed by atoms with E-state index in [-0.39, 0.29) is 5.41 Å². The maximum absolute atomic E-state index is 6.74. The molecule has 0 spiro atoms. The first kappa shape index (κ1) is 26.5. The van der Waals surface area contributed by atoms with Gasteiger partial charge < -0.3 is 4.42 Å². The predicted octanol–water partition coefficient (Wildman–Crippen LogP) is 10.7. The Hall–Kier alpha value is -5.87. The molecule has 4 heteroatoms. The van der Waals surface area contributed by atoms with Gasteiger partial charge in [-0.2, -0.15) is 0 Å². The molecule has 0 fully saturated rings. The molecule has 0 aliphatic heterocycles. The Labute approximate surface area is 267 Å². The minimum atomic E-state index is -0.141. The molecule has 2 aromatic heterocycles. The molecule has 0 N–H and O–H groups in total. The number of rotatable bonds is 4. The number of furan rings is 1. The fraction of sp³-hybridized carbons (Fsp3) is 0.0714. The smallest absolute Gasteiger partial charge is 0.164 e. The van der Waals surface area contributed by atoms with Crippen molar-refractivity contribution in [3.05, 3.63) is 151 Å². The van der Waals surface area contributed by atoms with E-state index < -0.39 is 0 Å². The summed E-state index contributed by atoms with van der Waals surface area (Å²) in [6.07, 6.45) is 0. The van der Waals surface area contributed by atoms with Crippen LogP contribution in [0.4, 0.5) is 0 Å². The number of hydrogen-bond donors (Lipinski definition) is 0. The van der Waals surface area contributed by atoms with Gasteiger partial charge in [0.05, 0.1) is 0 Å². The fourth-order valence-electron chi connectivity index (χ4n) is 7.04. The quantitative estimate of drug-likeness (QED) is 0.204. The van der Waals surface area contributed by atoms with Gasteiger partial charge in [0, 0.05) is 38.4 Å². The topological polar surface area (TPSA) is 51.8 Å². The van der Waals surface area contributed by atoms with Crippen LogP contribution in [0.25, 0.3) is 78.4 Å². The Kier molecular flexibility index (Phi) is 5.81. The second-order valence-electron chi connectivity index (χ2n) is 12.5. The van der Waals surface area contributed by atoms with E-state index in [0.29, 0.717) is 17.5 Å². The number of fused-ring (bicyclic) bond motifs is 7. The molecule has 0 saturated carbocycles. The molecule has 0 unspecified atom stereocenters. The van der Waals surface area contributed by atoms with Crippen LogP contribution >= 0.6 is 0 Å². The van der Waals surface area contributed by atoms with Crippen LogP contribution in [0.15, 0.2) is 144 Å². The molecule has 218 valence electrons. The molecule has 0 radical (unpaired) electrons. The molecule has 46 heavy (non-hydrogen) atoms. The highest BCUT2D eigenvalue weighted by molar-refractivity contribution is 6.09. The van der Waals surface area contributed by atoms with Crippen LogP contribution in [0.1, 0.15) is 25.0 Å². The van der Waals surface area contributed by atoms with Crippen molar-refractivity contribution in [1.29, 1.82) is 0 Å². The van der Waals surface area contributed by atoms with Crippen molar-refractivity contribution in [1.82, 2.24) is 15.0 Å². The fourth-order valence-corrected chi connectivity index (χ4v) is 7.04. The average molecular weight is 592 g/mol. The molecule has 0 saturated heterocycles. The number of aromatic nitrogens is 3. The van der Waals surface area contributed by atoms with Crippen LogP contribution < -0.4 is 0 Å². The first-order chi connectivity index (χ1) is 22.5. The lowest BCUT2D eigenvalue weighted by Gasteiger charge is -2.21. The molecular formula is C42H29N3O. The van der Waals surface area contributed by atoms with Crippen molar-refractivity contribution in [2.75, 3.05) is 0 Å². The van der Waals surface area contributed by atoms with E-state index in [2.05, 4.69) is 92.7 Å². The SMILES string of the molecule is CC1(C)c2ccccc2-c2ccc3c(oc4cc(-c5cccc(-c6nc(-c7ccccc7)nc(-c7ccccc7)n6)c5)ccc43)c21. The normalized spacial score (nSPS) is 13.2. The minimum absolute atomic E-state index is 0.141. The van der Waals surface area contributed by atoms with E-state index in [9.17, 15) is 0 Å². The second kappa shape index (κ2) is 10.1. The van der Waals surface area contributed by atoms with E-state index in [0.717, 1.165) is 49.8 Å². The zero-order valence-corrected chi connectivity index (χ0v) is 25.5. The van der Waals surface area contributed by atoms with Crippen LogP contribution in [-0.4, -0.2) is 15.0 Å². The van der Waals surface area contributed by atoms with Gasteiger partial charge in [-0.15, -0.1) is 0 Å². The third kappa shape index (κ3) is 4.11. The first-order valence-corrected chi connectivity index (χ1v) is 15.6. The molecule has 0 atom stereocenters. The van der Waals surface area contributed by atoms with Crippen LogP contribution in [-0.2, 0) is 5.41 Å². The van der Waals surface area contributed by atoms with Gasteiger partial charge in [-0.05, 0) is 52.1 Å². The first-order valence-electron chi connectivity index (χ1n) is 15.6. The lowest BCUT2D eigenvalue weighted by atomic mass is 9.82. The molecule has 0 amide bonds. The molecule has 4 nitrogen and oxygen atoms in total. The molecule has 9 rings (SSSR count). The van der Waals surface area contributed by atoms with E-state index in [1.807, 2.05) is 60.7 Å². The lowest BCUT2D eigenvalue weighted by Crippen LogP contribution is -2.15. The minimum Gasteiger partial charge on any atom is -0.456 e. The highest BCUT2D eigenvalue weighted by Gasteiger charge is 2.38. The van der Waals surface area contributed by atoms with Gasteiger partial charge in [-0.3, -0.25) is 0 Å². The summed E-state index contributed by atoms with van der Waals surface area (Å²) < 4.78 is 6.74. The van der Waals surface area contributed by atoms with Gasteiger partial charge in [-0.1, -0.05) is 129 Å². The standard InChI is InChI=1S/C42H29N3O/c1-42(2)35-19-10-9-18-31(35)33-22-23-34-32-21-20-29(25-36(32)46-38(34)37(33)42)28-16-11-17-30(24-28)41-44-39(26-12-5-3-6-13-26)43-40(45-41)27-14-7-4-8-15-27/h3-25H,1-2H3. The highest BCUT2D eigenvalue weighted by atomic mass is 16.3. The summed E-state index contributed by atoms with van der Waals surface area (Å²) in [7, 11) is 0. The molecular weight excluding hydrogens is 562 g/mol. The maximum atomic E-state index is 6.74. The summed E-state index contributed by atoms with van der Waals surface area (Å²) in [6.45, 7) is 4.60. The third-order valence-electron chi connectivity index (χ3n) is 9.31. The Morgan fingerprint density at radius 2 is 1.02 bits per heavy atom. The molecule has 1 aliphatic carbocycles. The van der Waals surface area contributed by atoms with Gasteiger partial charge in [0.1, 0.15) is 11.2 Å². The average Bonchev–Trinajstić information content (AvgIpc) is 3.60. The van der Waals surface area contributed by atoms with Crippen molar-refractivity contribution in [2.45, 2.75) is 19.3 Å². The van der Waals surface area contributed by atoms with Crippen LogP contribution in [0, 0.1) is 0 Å². The second-order valence-corrected chi connectivity index (χ2v) is 12.5. The van der Waals surface area contributed by atoms with Crippen molar-refractivity contribution < 1.29 is 4.42 Å². The van der Waals surface area contributed by atoms with E-state index >= 15 is 0 Å². The Morgan fingerprint density at radius 3 is 1.74 bits per heavy atom. The summed E-state index contributed by atoms with van der Waals surface area (Å²) in [4.78, 5) is 14.7. The van der Waals surface area contributed by atoms with Gasteiger partial charge in [0.15, 0.2) is 17.5 Å². The lowest BCUT2D eigenvalue weighted by molar-refractivity contribution is 0.620. The van der Waals surface area contributed by atoms with Crippen molar-refractivity contribution >= 4 is 21.9 Å². The molecule has 0 bridgehead atoms. The number of nitrogens with zero attached hydrogens (tertiary/aromatic N) is 3. The maximum Gasteiger partial charge on any atom is 0.164 e. The van der Waals surface area contributed by atoms with E-state index in [1.54, 1.807) is 0 Å². The van der Waals surface area contributed by atoms with E-state index in [4.69, 9.17) is 19.4 Å².